The Bertz CT molecular complexity index is 707. The van der Waals surface area contributed by atoms with Crippen molar-refractivity contribution < 1.29 is 13.9 Å². The molecule has 1 aliphatic rings. The Hall–Kier alpha value is -2.12. The van der Waals surface area contributed by atoms with Gasteiger partial charge in [0, 0.05) is 36.8 Å². The van der Waals surface area contributed by atoms with Gasteiger partial charge in [-0.15, -0.1) is 12.4 Å². The number of amides is 1. The van der Waals surface area contributed by atoms with Crippen LogP contribution in [-0.2, 0) is 13.0 Å². The number of carbonyl (C=O) groups excluding carboxylic acids is 1. The van der Waals surface area contributed by atoms with Crippen LogP contribution >= 0.6 is 12.4 Å². The lowest BCUT2D eigenvalue weighted by molar-refractivity contribution is 0.0926. The highest BCUT2D eigenvalue weighted by Crippen LogP contribution is 2.16. The van der Waals surface area contributed by atoms with E-state index in [0.29, 0.717) is 24.5 Å². The van der Waals surface area contributed by atoms with Crippen molar-refractivity contribution in [2.45, 2.75) is 26.0 Å². The highest BCUT2D eigenvalue weighted by Gasteiger charge is 2.21. The van der Waals surface area contributed by atoms with Crippen molar-refractivity contribution in [3.05, 3.63) is 47.0 Å². The smallest absolute Gasteiger partial charge is 0.272 e. The summed E-state index contributed by atoms with van der Waals surface area (Å²) in [5, 5.41) is 13.0. The number of hydrogen-bond donors (Lipinski definition) is 3. The van der Waals surface area contributed by atoms with Crippen LogP contribution in [0.2, 0.25) is 0 Å². The summed E-state index contributed by atoms with van der Waals surface area (Å²) in [5.41, 5.74) is 2.36. The van der Waals surface area contributed by atoms with E-state index in [1.54, 1.807) is 12.1 Å². The van der Waals surface area contributed by atoms with E-state index in [1.165, 1.54) is 12.1 Å². The van der Waals surface area contributed by atoms with Crippen molar-refractivity contribution in [3.63, 3.8) is 0 Å². The molecule has 1 amide bonds. The first-order valence-electron chi connectivity index (χ1n) is 7.60. The molecule has 2 aromatic rings. The van der Waals surface area contributed by atoms with E-state index in [1.807, 2.05) is 6.92 Å². The maximum absolute atomic E-state index is 13.1. The Balaban J connectivity index is 0.00000208. The molecule has 1 aromatic heterocycles. The third kappa shape index (κ3) is 4.24. The number of aromatic nitrogens is 2. The van der Waals surface area contributed by atoms with Crippen LogP contribution in [0.25, 0.3) is 0 Å². The second-order valence-corrected chi connectivity index (χ2v) is 5.55. The number of rotatable bonds is 5. The van der Waals surface area contributed by atoms with E-state index in [4.69, 9.17) is 4.74 Å². The summed E-state index contributed by atoms with van der Waals surface area (Å²) in [7, 11) is 0. The number of carbonyl (C=O) groups is 1. The topological polar surface area (TPSA) is 79.0 Å². The predicted octanol–water partition coefficient (Wildman–Crippen LogP) is 1.81. The van der Waals surface area contributed by atoms with Gasteiger partial charge in [-0.1, -0.05) is 6.07 Å². The van der Waals surface area contributed by atoms with Gasteiger partial charge in [-0.25, -0.2) is 4.39 Å². The van der Waals surface area contributed by atoms with Crippen LogP contribution < -0.4 is 15.4 Å². The van der Waals surface area contributed by atoms with Crippen molar-refractivity contribution in [3.8, 4) is 5.75 Å². The Morgan fingerprint density at radius 2 is 2.33 bits per heavy atom. The van der Waals surface area contributed by atoms with Gasteiger partial charge in [-0.2, -0.15) is 5.10 Å². The maximum Gasteiger partial charge on any atom is 0.272 e. The van der Waals surface area contributed by atoms with E-state index < -0.39 is 0 Å². The lowest BCUT2D eigenvalue weighted by atomic mass is 10.1. The van der Waals surface area contributed by atoms with Crippen molar-refractivity contribution in [2.24, 2.45) is 0 Å². The number of nitrogens with one attached hydrogen (secondary N) is 3. The Kier molecular flexibility index (Phi) is 6.16. The molecule has 1 aliphatic heterocycles. The first-order chi connectivity index (χ1) is 11.1. The van der Waals surface area contributed by atoms with Crippen LogP contribution in [0.3, 0.4) is 0 Å². The largest absolute Gasteiger partial charge is 0.489 e. The lowest BCUT2D eigenvalue weighted by Crippen LogP contribution is -2.35. The summed E-state index contributed by atoms with van der Waals surface area (Å²) in [6.45, 7) is 3.65. The van der Waals surface area contributed by atoms with Gasteiger partial charge in [-0.3, -0.25) is 9.89 Å². The monoisotopic (exact) mass is 354 g/mol. The summed E-state index contributed by atoms with van der Waals surface area (Å²) in [6.07, 6.45) is 0.558. The van der Waals surface area contributed by atoms with Crippen LogP contribution in [0.15, 0.2) is 24.3 Å². The van der Waals surface area contributed by atoms with Crippen LogP contribution in [0, 0.1) is 5.82 Å². The van der Waals surface area contributed by atoms with Gasteiger partial charge in [0.2, 0.25) is 0 Å². The van der Waals surface area contributed by atoms with E-state index >= 15 is 0 Å². The fourth-order valence-electron chi connectivity index (χ4n) is 2.55. The molecule has 0 fully saturated rings. The molecule has 1 atom stereocenters. The molecule has 0 aliphatic carbocycles. The quantitative estimate of drug-likeness (QED) is 0.765. The van der Waals surface area contributed by atoms with Gasteiger partial charge in [0.25, 0.3) is 5.91 Å². The number of hydrogen-bond acceptors (Lipinski definition) is 4. The van der Waals surface area contributed by atoms with Gasteiger partial charge >= 0.3 is 0 Å². The Morgan fingerprint density at radius 3 is 3.12 bits per heavy atom. The molecule has 0 spiro atoms. The number of aromatic amines is 1. The minimum atomic E-state index is -0.352. The molecule has 1 aromatic carbocycles. The van der Waals surface area contributed by atoms with Gasteiger partial charge < -0.3 is 15.4 Å². The first-order valence-corrected chi connectivity index (χ1v) is 7.60. The molecule has 2 heterocycles. The summed E-state index contributed by atoms with van der Waals surface area (Å²) < 4.78 is 18.7. The zero-order valence-electron chi connectivity index (χ0n) is 13.3. The highest BCUT2D eigenvalue weighted by molar-refractivity contribution is 5.94. The average Bonchev–Trinajstić information content (AvgIpc) is 2.97. The van der Waals surface area contributed by atoms with Crippen LogP contribution in [0.1, 0.15) is 28.7 Å². The molecule has 24 heavy (non-hydrogen) atoms. The maximum atomic E-state index is 13.1. The van der Waals surface area contributed by atoms with Gasteiger partial charge in [-0.05, 0) is 19.1 Å². The molecule has 8 heteroatoms. The molecular formula is C16H20ClFN4O2. The van der Waals surface area contributed by atoms with Crippen molar-refractivity contribution in [1.82, 2.24) is 20.8 Å². The van der Waals surface area contributed by atoms with Crippen LogP contribution in [0.4, 0.5) is 4.39 Å². The Labute approximate surface area is 145 Å². The van der Waals surface area contributed by atoms with Crippen molar-refractivity contribution >= 4 is 18.3 Å². The minimum absolute atomic E-state index is 0. The number of ether oxygens (including phenoxy) is 1. The zero-order valence-corrected chi connectivity index (χ0v) is 14.1. The van der Waals surface area contributed by atoms with Gasteiger partial charge in [0.15, 0.2) is 5.69 Å². The van der Waals surface area contributed by atoms with Crippen LogP contribution in [-0.4, -0.2) is 35.3 Å². The van der Waals surface area contributed by atoms with E-state index in [2.05, 4.69) is 20.8 Å². The highest BCUT2D eigenvalue weighted by atomic mass is 35.5. The molecule has 0 saturated carbocycles. The van der Waals surface area contributed by atoms with Gasteiger partial charge in [0.05, 0.1) is 6.54 Å². The summed E-state index contributed by atoms with van der Waals surface area (Å²) in [6, 6.07) is 5.93. The third-order valence-electron chi connectivity index (χ3n) is 3.70. The minimum Gasteiger partial charge on any atom is -0.489 e. The molecule has 0 saturated heterocycles. The van der Waals surface area contributed by atoms with E-state index in [0.717, 1.165) is 24.2 Å². The van der Waals surface area contributed by atoms with E-state index in [9.17, 15) is 9.18 Å². The standard InChI is InChI=1S/C16H19FN4O2.ClH/c1-10(23-12-4-2-3-11(17)7-12)8-19-16(22)15-13-9-18-6-5-14(13)20-21-15;/h2-4,7,10,18H,5-6,8-9H2,1H3,(H,19,22)(H,20,21);1H. The van der Waals surface area contributed by atoms with Crippen LogP contribution in [0.5, 0.6) is 5.75 Å². The number of fused-ring (bicyclic) bond motifs is 1. The van der Waals surface area contributed by atoms with E-state index in [-0.39, 0.29) is 30.2 Å². The fraction of sp³-hybridized carbons (Fsp3) is 0.375. The average molecular weight is 355 g/mol. The Morgan fingerprint density at radius 1 is 1.50 bits per heavy atom. The molecule has 6 nitrogen and oxygen atoms in total. The number of benzene rings is 1. The summed E-state index contributed by atoms with van der Waals surface area (Å²) in [4.78, 5) is 12.3. The first kappa shape index (κ1) is 18.2. The SMILES string of the molecule is CC(CNC(=O)c1n[nH]c2c1CNCC2)Oc1cccc(F)c1.Cl. The number of nitrogens with zero attached hydrogens (tertiary/aromatic N) is 1. The normalized spacial score (nSPS) is 14.2. The zero-order chi connectivity index (χ0) is 16.2. The summed E-state index contributed by atoms with van der Waals surface area (Å²) in [5.74, 6) is -0.150. The molecular weight excluding hydrogens is 335 g/mol. The lowest BCUT2D eigenvalue weighted by Gasteiger charge is -2.16. The molecule has 3 rings (SSSR count). The molecule has 3 N–H and O–H groups in total. The molecule has 130 valence electrons. The summed E-state index contributed by atoms with van der Waals surface area (Å²) >= 11 is 0. The predicted molar refractivity (Wildman–Crippen MR) is 90.1 cm³/mol. The van der Waals surface area contributed by atoms with Crippen molar-refractivity contribution in [2.75, 3.05) is 13.1 Å². The molecule has 0 radical (unpaired) electrons. The fourth-order valence-corrected chi connectivity index (χ4v) is 2.55. The third-order valence-corrected chi connectivity index (χ3v) is 3.70. The number of halogens is 2. The van der Waals surface area contributed by atoms with Gasteiger partial charge in [0.1, 0.15) is 17.7 Å². The molecule has 1 unspecified atom stereocenters. The second kappa shape index (κ2) is 8.12. The number of H-pyrrole nitrogens is 1. The van der Waals surface area contributed by atoms with Crippen molar-refractivity contribution in [1.29, 1.82) is 0 Å². The molecule has 0 bridgehead atoms. The second-order valence-electron chi connectivity index (χ2n) is 5.55.